The van der Waals surface area contributed by atoms with Crippen LogP contribution in [0.4, 0.5) is 0 Å². The Hall–Kier alpha value is -2.04. The summed E-state index contributed by atoms with van der Waals surface area (Å²) in [7, 11) is 1.51. The highest BCUT2D eigenvalue weighted by Crippen LogP contribution is 2.33. The van der Waals surface area contributed by atoms with E-state index in [9.17, 15) is 5.11 Å². The smallest absolute Gasteiger partial charge is 0.258 e. The molecule has 0 aliphatic heterocycles. The van der Waals surface area contributed by atoms with E-state index in [2.05, 4.69) is 10.1 Å². The fraction of sp³-hybridized carbons (Fsp3) is 0.385. The van der Waals surface area contributed by atoms with E-state index in [1.165, 1.54) is 20.0 Å². The number of aromatic hydroxyl groups is 1. The molecule has 5 nitrogen and oxygen atoms in total. The van der Waals surface area contributed by atoms with E-state index >= 15 is 0 Å². The lowest BCUT2D eigenvalue weighted by Crippen LogP contribution is -1.89. The highest BCUT2D eigenvalue weighted by atomic mass is 16.5. The molecule has 1 aliphatic rings. The second-order valence-corrected chi connectivity index (χ2v) is 4.55. The van der Waals surface area contributed by atoms with Gasteiger partial charge in [0, 0.05) is 12.0 Å². The molecule has 94 valence electrons. The van der Waals surface area contributed by atoms with Gasteiger partial charge in [-0.15, -0.1) is 0 Å². The van der Waals surface area contributed by atoms with Crippen molar-refractivity contribution in [2.45, 2.75) is 19.3 Å². The van der Waals surface area contributed by atoms with E-state index in [4.69, 9.17) is 9.26 Å². The number of nitrogens with zero attached hydrogens (tertiary/aromatic N) is 2. The molecule has 0 atom stereocenters. The molecule has 1 aromatic carbocycles. The normalized spacial score (nSPS) is 14.7. The fourth-order valence-corrected chi connectivity index (χ4v) is 1.84. The van der Waals surface area contributed by atoms with Gasteiger partial charge in [-0.1, -0.05) is 5.16 Å². The van der Waals surface area contributed by atoms with Gasteiger partial charge in [-0.2, -0.15) is 4.98 Å². The maximum absolute atomic E-state index is 9.52. The van der Waals surface area contributed by atoms with Gasteiger partial charge in [0.15, 0.2) is 17.3 Å². The van der Waals surface area contributed by atoms with E-state index in [1.807, 2.05) is 0 Å². The van der Waals surface area contributed by atoms with Crippen molar-refractivity contribution >= 4 is 0 Å². The average Bonchev–Trinajstić information content (AvgIpc) is 3.06. The van der Waals surface area contributed by atoms with Crippen LogP contribution < -0.4 is 4.74 Å². The predicted molar refractivity (Wildman–Crippen MR) is 64.4 cm³/mol. The van der Waals surface area contributed by atoms with Gasteiger partial charge in [-0.3, -0.25) is 0 Å². The summed E-state index contributed by atoms with van der Waals surface area (Å²) >= 11 is 0. The first kappa shape index (κ1) is 11.1. The zero-order chi connectivity index (χ0) is 12.5. The first-order chi connectivity index (χ1) is 8.76. The second-order valence-electron chi connectivity index (χ2n) is 4.55. The van der Waals surface area contributed by atoms with Crippen molar-refractivity contribution < 1.29 is 14.4 Å². The van der Waals surface area contributed by atoms with E-state index in [1.54, 1.807) is 18.2 Å². The van der Waals surface area contributed by atoms with Crippen LogP contribution in [0.1, 0.15) is 18.7 Å². The summed E-state index contributed by atoms with van der Waals surface area (Å²) in [5.41, 5.74) is 0.749. The second kappa shape index (κ2) is 4.33. The van der Waals surface area contributed by atoms with Crippen LogP contribution in [0.25, 0.3) is 11.5 Å². The monoisotopic (exact) mass is 246 g/mol. The molecule has 0 saturated heterocycles. The third kappa shape index (κ3) is 2.16. The largest absolute Gasteiger partial charge is 0.504 e. The number of hydrogen-bond acceptors (Lipinski definition) is 5. The highest BCUT2D eigenvalue weighted by molar-refractivity contribution is 5.59. The molecule has 1 aliphatic carbocycles. The average molecular weight is 246 g/mol. The number of ether oxygens (including phenoxy) is 1. The summed E-state index contributed by atoms with van der Waals surface area (Å²) in [4.78, 5) is 4.35. The molecule has 0 radical (unpaired) electrons. The van der Waals surface area contributed by atoms with Crippen LogP contribution in [-0.4, -0.2) is 22.4 Å². The minimum atomic E-state index is 0.0963. The van der Waals surface area contributed by atoms with Gasteiger partial charge < -0.3 is 14.4 Å². The number of aromatic nitrogens is 2. The van der Waals surface area contributed by atoms with E-state index < -0.39 is 0 Å². The lowest BCUT2D eigenvalue weighted by atomic mass is 10.2. The van der Waals surface area contributed by atoms with Gasteiger partial charge in [0.25, 0.3) is 5.89 Å². The molecule has 1 saturated carbocycles. The van der Waals surface area contributed by atoms with Crippen LogP contribution in [0.5, 0.6) is 11.5 Å². The van der Waals surface area contributed by atoms with Crippen LogP contribution in [0, 0.1) is 5.92 Å². The fourth-order valence-electron chi connectivity index (χ4n) is 1.84. The molecule has 3 rings (SSSR count). The zero-order valence-corrected chi connectivity index (χ0v) is 10.1. The Bertz CT molecular complexity index is 561. The van der Waals surface area contributed by atoms with Crippen LogP contribution >= 0.6 is 0 Å². The summed E-state index contributed by atoms with van der Waals surface area (Å²) in [6.45, 7) is 0. The standard InChI is InChI=1S/C13H14N2O3/c1-17-11-7-9(4-5-10(11)16)13-14-12(15-18-13)6-8-2-3-8/h4-5,7-8,16H,2-3,6H2,1H3. The molecule has 0 spiro atoms. The van der Waals surface area contributed by atoms with Crippen LogP contribution in [-0.2, 0) is 6.42 Å². The summed E-state index contributed by atoms with van der Waals surface area (Å²) in [6.07, 6.45) is 3.41. The van der Waals surface area contributed by atoms with Crippen molar-refractivity contribution in [2.24, 2.45) is 5.92 Å². The van der Waals surface area contributed by atoms with Crippen molar-refractivity contribution in [3.05, 3.63) is 24.0 Å². The molecule has 1 heterocycles. The molecule has 5 heteroatoms. The van der Waals surface area contributed by atoms with Gasteiger partial charge in [-0.05, 0) is 37.0 Å². The van der Waals surface area contributed by atoms with E-state index in [-0.39, 0.29) is 5.75 Å². The quantitative estimate of drug-likeness (QED) is 0.897. The maximum Gasteiger partial charge on any atom is 0.258 e. The van der Waals surface area contributed by atoms with Gasteiger partial charge in [-0.25, -0.2) is 0 Å². The Balaban J connectivity index is 1.86. The Kier molecular flexibility index (Phi) is 2.66. The SMILES string of the molecule is COc1cc(-c2nc(CC3CC3)no2)ccc1O. The maximum atomic E-state index is 9.52. The Morgan fingerprint density at radius 3 is 3.00 bits per heavy atom. The highest BCUT2D eigenvalue weighted by Gasteiger charge is 2.24. The van der Waals surface area contributed by atoms with Crippen LogP contribution in [0.2, 0.25) is 0 Å². The molecule has 2 aromatic rings. The molecule has 18 heavy (non-hydrogen) atoms. The third-order valence-corrected chi connectivity index (χ3v) is 3.06. The van der Waals surface area contributed by atoms with E-state index in [0.717, 1.165) is 23.7 Å². The first-order valence-corrected chi connectivity index (χ1v) is 5.96. The van der Waals surface area contributed by atoms with Crippen LogP contribution in [0.15, 0.2) is 22.7 Å². The van der Waals surface area contributed by atoms with Gasteiger partial charge in [0.2, 0.25) is 0 Å². The lowest BCUT2D eigenvalue weighted by molar-refractivity contribution is 0.373. The molecular weight excluding hydrogens is 232 g/mol. The van der Waals surface area contributed by atoms with Gasteiger partial charge in [0.1, 0.15) is 0 Å². The van der Waals surface area contributed by atoms with Crippen molar-refractivity contribution in [2.75, 3.05) is 7.11 Å². The Labute approximate surface area is 104 Å². The Morgan fingerprint density at radius 2 is 2.28 bits per heavy atom. The number of hydrogen-bond donors (Lipinski definition) is 1. The predicted octanol–water partition coefficient (Wildman–Crippen LogP) is 2.40. The summed E-state index contributed by atoms with van der Waals surface area (Å²) in [6, 6.07) is 4.97. The Morgan fingerprint density at radius 1 is 1.44 bits per heavy atom. The first-order valence-electron chi connectivity index (χ1n) is 5.96. The molecule has 0 bridgehead atoms. The molecule has 1 fully saturated rings. The summed E-state index contributed by atoms with van der Waals surface area (Å²) in [5, 5.41) is 13.5. The summed E-state index contributed by atoms with van der Waals surface area (Å²) in [5.74, 6) is 2.43. The topological polar surface area (TPSA) is 68.4 Å². The van der Waals surface area contributed by atoms with Crippen molar-refractivity contribution in [3.8, 4) is 23.0 Å². The molecule has 1 aromatic heterocycles. The van der Waals surface area contributed by atoms with Crippen LogP contribution in [0.3, 0.4) is 0 Å². The number of phenols is 1. The van der Waals surface area contributed by atoms with Gasteiger partial charge >= 0.3 is 0 Å². The zero-order valence-electron chi connectivity index (χ0n) is 10.1. The molecule has 0 amide bonds. The lowest BCUT2D eigenvalue weighted by Gasteiger charge is -2.03. The van der Waals surface area contributed by atoms with Crippen molar-refractivity contribution in [3.63, 3.8) is 0 Å². The van der Waals surface area contributed by atoms with E-state index in [0.29, 0.717) is 11.6 Å². The number of benzene rings is 1. The third-order valence-electron chi connectivity index (χ3n) is 3.06. The minimum Gasteiger partial charge on any atom is -0.504 e. The van der Waals surface area contributed by atoms with Crippen molar-refractivity contribution in [1.29, 1.82) is 0 Å². The number of rotatable bonds is 4. The minimum absolute atomic E-state index is 0.0963. The molecule has 0 unspecified atom stereocenters. The van der Waals surface area contributed by atoms with Gasteiger partial charge in [0.05, 0.1) is 7.11 Å². The molecule has 1 N–H and O–H groups in total. The summed E-state index contributed by atoms with van der Waals surface area (Å²) < 4.78 is 10.3. The number of phenolic OH excluding ortho intramolecular Hbond substituents is 1. The number of methoxy groups -OCH3 is 1. The van der Waals surface area contributed by atoms with Crippen molar-refractivity contribution in [1.82, 2.24) is 10.1 Å². The molecular formula is C13H14N2O3.